The molecule has 1 saturated carbocycles. The van der Waals surface area contributed by atoms with Crippen LogP contribution in [0.15, 0.2) is 36.6 Å². The Morgan fingerprint density at radius 2 is 1.81 bits per heavy atom. The van der Waals surface area contributed by atoms with E-state index in [1.165, 1.54) is 56.9 Å². The summed E-state index contributed by atoms with van der Waals surface area (Å²) in [6.45, 7) is 4.49. The first kappa shape index (κ1) is 20.6. The van der Waals surface area contributed by atoms with Gasteiger partial charge in [0.1, 0.15) is 6.10 Å². The fourth-order valence-electron chi connectivity index (χ4n) is 4.11. The fourth-order valence-corrected chi connectivity index (χ4v) is 4.11. The van der Waals surface area contributed by atoms with Crippen LogP contribution < -0.4 is 0 Å². The molecule has 1 aromatic rings. The summed E-state index contributed by atoms with van der Waals surface area (Å²) in [6, 6.07) is 10.4. The van der Waals surface area contributed by atoms with Gasteiger partial charge in [-0.15, -0.1) is 0 Å². The van der Waals surface area contributed by atoms with Crippen LogP contribution in [0.2, 0.25) is 0 Å². The molecule has 0 spiro atoms. The second-order valence-electron chi connectivity index (χ2n) is 7.65. The Labute approximate surface area is 160 Å². The van der Waals surface area contributed by atoms with Crippen LogP contribution in [0.5, 0.6) is 0 Å². The zero-order chi connectivity index (χ0) is 18.6. The monoisotopic (exact) mass is 353 g/mol. The maximum absolute atomic E-state index is 8.93. The standard InChI is InChI=1S/C24H35NO/c1-3-5-6-7-8-9-18-26-24(4-2)23-16-14-22(15-17-23)21-12-10-20(19-25)11-13-21/h9-13,18,22-24H,3-8,14-17H2,1-2H3. The van der Waals surface area contributed by atoms with Crippen molar-refractivity contribution < 1.29 is 4.74 Å². The van der Waals surface area contributed by atoms with E-state index in [1.807, 2.05) is 18.4 Å². The molecule has 0 aliphatic heterocycles. The minimum atomic E-state index is 0.365. The normalized spacial score (nSPS) is 21.4. The third-order valence-electron chi connectivity index (χ3n) is 5.79. The lowest BCUT2D eigenvalue weighted by Crippen LogP contribution is -2.26. The maximum atomic E-state index is 8.93. The second kappa shape index (κ2) is 11.8. The van der Waals surface area contributed by atoms with Gasteiger partial charge in [-0.25, -0.2) is 0 Å². The summed E-state index contributed by atoms with van der Waals surface area (Å²) in [7, 11) is 0. The zero-order valence-corrected chi connectivity index (χ0v) is 16.6. The number of allylic oxidation sites excluding steroid dienone is 1. The Morgan fingerprint density at radius 1 is 1.08 bits per heavy atom. The van der Waals surface area contributed by atoms with Crippen LogP contribution in [0.25, 0.3) is 0 Å². The number of hydrogen-bond acceptors (Lipinski definition) is 2. The van der Waals surface area contributed by atoms with E-state index in [1.54, 1.807) is 0 Å². The van der Waals surface area contributed by atoms with E-state index >= 15 is 0 Å². The first-order chi connectivity index (χ1) is 12.8. The molecule has 2 heteroatoms. The molecule has 1 aromatic carbocycles. The summed E-state index contributed by atoms with van der Waals surface area (Å²) in [5, 5.41) is 8.93. The van der Waals surface area contributed by atoms with Crippen molar-refractivity contribution in [1.29, 1.82) is 5.26 Å². The average Bonchev–Trinajstić information content (AvgIpc) is 2.70. The lowest BCUT2D eigenvalue weighted by Gasteiger charge is -2.33. The zero-order valence-electron chi connectivity index (χ0n) is 16.6. The van der Waals surface area contributed by atoms with E-state index in [0.717, 1.165) is 18.4 Å². The van der Waals surface area contributed by atoms with Gasteiger partial charge in [0.2, 0.25) is 0 Å². The summed E-state index contributed by atoms with van der Waals surface area (Å²) in [5.74, 6) is 1.32. The van der Waals surface area contributed by atoms with Gasteiger partial charge in [-0.2, -0.15) is 5.26 Å². The van der Waals surface area contributed by atoms with Crippen molar-refractivity contribution >= 4 is 0 Å². The van der Waals surface area contributed by atoms with Crippen molar-refractivity contribution in [3.8, 4) is 6.07 Å². The third-order valence-corrected chi connectivity index (χ3v) is 5.79. The Morgan fingerprint density at radius 3 is 2.42 bits per heavy atom. The largest absolute Gasteiger partial charge is 0.498 e. The van der Waals surface area contributed by atoms with Crippen molar-refractivity contribution in [3.63, 3.8) is 0 Å². The van der Waals surface area contributed by atoms with Gasteiger partial charge in [0.25, 0.3) is 0 Å². The molecule has 0 aromatic heterocycles. The van der Waals surface area contributed by atoms with Crippen LogP contribution >= 0.6 is 0 Å². The van der Waals surface area contributed by atoms with Crippen molar-refractivity contribution in [2.75, 3.05) is 0 Å². The second-order valence-corrected chi connectivity index (χ2v) is 7.65. The molecule has 26 heavy (non-hydrogen) atoms. The smallest absolute Gasteiger partial charge is 0.100 e. The summed E-state index contributed by atoms with van der Waals surface area (Å²) in [6.07, 6.45) is 17.0. The number of nitrogens with zero attached hydrogens (tertiary/aromatic N) is 1. The molecular weight excluding hydrogens is 318 g/mol. The van der Waals surface area contributed by atoms with Crippen LogP contribution in [-0.2, 0) is 4.74 Å². The quantitative estimate of drug-likeness (QED) is 0.331. The molecule has 0 amide bonds. The summed E-state index contributed by atoms with van der Waals surface area (Å²) in [5.41, 5.74) is 2.15. The molecule has 0 radical (unpaired) electrons. The molecule has 0 N–H and O–H groups in total. The highest BCUT2D eigenvalue weighted by molar-refractivity contribution is 5.33. The predicted octanol–water partition coefficient (Wildman–Crippen LogP) is 7.11. The minimum Gasteiger partial charge on any atom is -0.498 e. The summed E-state index contributed by atoms with van der Waals surface area (Å²) in [4.78, 5) is 0. The molecule has 1 atom stereocenters. The molecule has 2 nitrogen and oxygen atoms in total. The topological polar surface area (TPSA) is 33.0 Å². The highest BCUT2D eigenvalue weighted by Crippen LogP contribution is 2.38. The van der Waals surface area contributed by atoms with E-state index in [4.69, 9.17) is 10.00 Å². The Hall–Kier alpha value is -1.75. The van der Waals surface area contributed by atoms with Crippen molar-refractivity contribution in [2.24, 2.45) is 5.92 Å². The number of hydrogen-bond donors (Lipinski definition) is 0. The molecule has 0 heterocycles. The Balaban J connectivity index is 1.74. The van der Waals surface area contributed by atoms with E-state index in [2.05, 4.69) is 38.1 Å². The number of rotatable bonds is 10. The number of ether oxygens (including phenoxy) is 1. The van der Waals surface area contributed by atoms with Crippen LogP contribution in [0.1, 0.15) is 95.1 Å². The fraction of sp³-hybridized carbons (Fsp3) is 0.625. The maximum Gasteiger partial charge on any atom is 0.100 e. The molecule has 0 bridgehead atoms. The molecule has 1 fully saturated rings. The summed E-state index contributed by atoms with van der Waals surface area (Å²) < 4.78 is 6.09. The van der Waals surface area contributed by atoms with Gasteiger partial charge in [0.15, 0.2) is 0 Å². The highest BCUT2D eigenvalue weighted by atomic mass is 16.5. The van der Waals surface area contributed by atoms with Crippen LogP contribution in [-0.4, -0.2) is 6.10 Å². The van der Waals surface area contributed by atoms with Crippen molar-refractivity contribution in [1.82, 2.24) is 0 Å². The molecule has 1 aliphatic carbocycles. The van der Waals surface area contributed by atoms with Gasteiger partial charge in [0.05, 0.1) is 17.9 Å². The average molecular weight is 354 g/mol. The van der Waals surface area contributed by atoms with E-state index in [-0.39, 0.29) is 0 Å². The highest BCUT2D eigenvalue weighted by Gasteiger charge is 2.28. The van der Waals surface area contributed by atoms with E-state index in [0.29, 0.717) is 17.9 Å². The first-order valence-corrected chi connectivity index (χ1v) is 10.6. The van der Waals surface area contributed by atoms with E-state index in [9.17, 15) is 0 Å². The van der Waals surface area contributed by atoms with Crippen LogP contribution in [0.4, 0.5) is 0 Å². The van der Waals surface area contributed by atoms with Crippen LogP contribution in [0.3, 0.4) is 0 Å². The van der Waals surface area contributed by atoms with Crippen LogP contribution in [0, 0.1) is 17.2 Å². The minimum absolute atomic E-state index is 0.365. The SMILES string of the molecule is CCCCCCC=COC(CC)C1CCC(c2ccc(C#N)cc2)CC1. The number of unbranched alkanes of at least 4 members (excludes halogenated alkanes) is 4. The number of nitriles is 1. The molecule has 1 aliphatic rings. The van der Waals surface area contributed by atoms with Crippen molar-refractivity contribution in [3.05, 3.63) is 47.7 Å². The van der Waals surface area contributed by atoms with Gasteiger partial charge in [-0.05, 0) is 80.6 Å². The summed E-state index contributed by atoms with van der Waals surface area (Å²) >= 11 is 0. The molecular formula is C24H35NO. The van der Waals surface area contributed by atoms with Gasteiger partial charge in [-0.3, -0.25) is 0 Å². The molecule has 142 valence electrons. The lowest BCUT2D eigenvalue weighted by atomic mass is 9.76. The first-order valence-electron chi connectivity index (χ1n) is 10.6. The molecule has 2 rings (SSSR count). The lowest BCUT2D eigenvalue weighted by molar-refractivity contribution is 0.0598. The van der Waals surface area contributed by atoms with Gasteiger partial charge in [0, 0.05) is 0 Å². The Kier molecular flexibility index (Phi) is 9.32. The van der Waals surface area contributed by atoms with Crippen molar-refractivity contribution in [2.45, 2.75) is 90.1 Å². The van der Waals surface area contributed by atoms with Gasteiger partial charge < -0.3 is 4.74 Å². The van der Waals surface area contributed by atoms with Gasteiger partial charge in [-0.1, -0.05) is 45.2 Å². The third kappa shape index (κ3) is 6.52. The predicted molar refractivity (Wildman–Crippen MR) is 109 cm³/mol. The molecule has 0 saturated heterocycles. The van der Waals surface area contributed by atoms with E-state index < -0.39 is 0 Å². The van der Waals surface area contributed by atoms with Gasteiger partial charge >= 0.3 is 0 Å². The Bertz CT molecular complexity index is 561. The number of benzene rings is 1. The molecule has 1 unspecified atom stereocenters.